The van der Waals surface area contributed by atoms with Crippen LogP contribution in [0.4, 0.5) is 0 Å². The molecule has 2 fully saturated rings. The molecule has 0 bridgehead atoms. The summed E-state index contributed by atoms with van der Waals surface area (Å²) >= 11 is 0. The van der Waals surface area contributed by atoms with Crippen molar-refractivity contribution in [2.75, 3.05) is 6.54 Å². The Bertz CT molecular complexity index is 278. The van der Waals surface area contributed by atoms with Crippen molar-refractivity contribution < 1.29 is 0 Å². The van der Waals surface area contributed by atoms with Crippen molar-refractivity contribution in [2.45, 2.75) is 91.5 Å². The molecule has 1 N–H and O–H groups in total. The average molecular weight is 294 g/mol. The summed E-state index contributed by atoms with van der Waals surface area (Å²) in [5.74, 6) is 4.80. The number of rotatable bonds is 6. The molecule has 0 radical (unpaired) electrons. The Morgan fingerprint density at radius 3 is 2.05 bits per heavy atom. The molecule has 0 heterocycles. The van der Waals surface area contributed by atoms with Crippen LogP contribution < -0.4 is 5.32 Å². The minimum absolute atomic E-state index is 0.813. The van der Waals surface area contributed by atoms with Crippen LogP contribution >= 0.6 is 0 Å². The van der Waals surface area contributed by atoms with E-state index in [0.29, 0.717) is 0 Å². The molecule has 2 rings (SSSR count). The SMILES string of the molecule is CCNC(C1CCC(C(C)C)CC1)C1CCCCC1CC. The van der Waals surface area contributed by atoms with E-state index in [-0.39, 0.29) is 0 Å². The molecule has 0 amide bonds. The molecular weight excluding hydrogens is 254 g/mol. The lowest BCUT2D eigenvalue weighted by atomic mass is 9.66. The van der Waals surface area contributed by atoms with Crippen LogP contribution in [0.3, 0.4) is 0 Å². The van der Waals surface area contributed by atoms with E-state index in [2.05, 4.69) is 33.0 Å². The van der Waals surface area contributed by atoms with Gasteiger partial charge in [-0.05, 0) is 68.2 Å². The second-order valence-corrected chi connectivity index (χ2v) is 8.12. The third-order valence-electron chi connectivity index (χ3n) is 6.66. The molecule has 0 spiro atoms. The van der Waals surface area contributed by atoms with Crippen LogP contribution in [0, 0.1) is 29.6 Å². The zero-order valence-electron chi connectivity index (χ0n) is 15.0. The minimum atomic E-state index is 0.813. The van der Waals surface area contributed by atoms with Crippen LogP contribution in [0.2, 0.25) is 0 Å². The van der Waals surface area contributed by atoms with E-state index in [0.717, 1.165) is 42.2 Å². The van der Waals surface area contributed by atoms with Gasteiger partial charge in [0.1, 0.15) is 0 Å². The Balaban J connectivity index is 1.98. The van der Waals surface area contributed by atoms with Gasteiger partial charge in [-0.1, -0.05) is 53.4 Å². The number of nitrogens with one attached hydrogen (secondary N) is 1. The lowest BCUT2D eigenvalue weighted by Gasteiger charge is -2.43. The van der Waals surface area contributed by atoms with Crippen LogP contribution in [0.1, 0.15) is 85.5 Å². The van der Waals surface area contributed by atoms with Crippen molar-refractivity contribution in [1.82, 2.24) is 5.32 Å². The molecule has 1 heteroatoms. The van der Waals surface area contributed by atoms with Crippen molar-refractivity contribution in [2.24, 2.45) is 29.6 Å². The molecule has 2 aliphatic carbocycles. The maximum absolute atomic E-state index is 3.93. The van der Waals surface area contributed by atoms with Gasteiger partial charge >= 0.3 is 0 Å². The second kappa shape index (κ2) is 8.56. The Labute approximate surface area is 133 Å². The molecule has 0 aliphatic heterocycles. The lowest BCUT2D eigenvalue weighted by Crippen LogP contribution is -2.47. The molecule has 124 valence electrons. The van der Waals surface area contributed by atoms with E-state index < -0.39 is 0 Å². The van der Waals surface area contributed by atoms with E-state index in [1.165, 1.54) is 57.8 Å². The fourth-order valence-electron chi connectivity index (χ4n) is 5.29. The molecule has 0 aromatic carbocycles. The second-order valence-electron chi connectivity index (χ2n) is 8.12. The third kappa shape index (κ3) is 4.47. The summed E-state index contributed by atoms with van der Waals surface area (Å²) in [6.07, 6.45) is 13.2. The monoisotopic (exact) mass is 293 g/mol. The summed E-state index contributed by atoms with van der Waals surface area (Å²) in [5, 5.41) is 3.93. The summed E-state index contributed by atoms with van der Waals surface area (Å²) in [5.41, 5.74) is 0. The molecule has 3 unspecified atom stereocenters. The molecule has 0 aromatic rings. The van der Waals surface area contributed by atoms with Crippen LogP contribution in [0.5, 0.6) is 0 Å². The Morgan fingerprint density at radius 1 is 0.857 bits per heavy atom. The highest BCUT2D eigenvalue weighted by Gasteiger charge is 2.36. The van der Waals surface area contributed by atoms with E-state index in [1.807, 2.05) is 0 Å². The van der Waals surface area contributed by atoms with E-state index in [9.17, 15) is 0 Å². The molecule has 2 saturated carbocycles. The summed E-state index contributed by atoms with van der Waals surface area (Å²) in [6.45, 7) is 10.7. The van der Waals surface area contributed by atoms with Gasteiger partial charge in [0.25, 0.3) is 0 Å². The van der Waals surface area contributed by atoms with Crippen molar-refractivity contribution >= 4 is 0 Å². The average Bonchev–Trinajstić information content (AvgIpc) is 2.52. The van der Waals surface area contributed by atoms with E-state index in [4.69, 9.17) is 0 Å². The fourth-order valence-corrected chi connectivity index (χ4v) is 5.29. The first kappa shape index (κ1) is 17.3. The highest BCUT2D eigenvalue weighted by atomic mass is 14.9. The molecule has 0 aromatic heterocycles. The number of hydrogen-bond acceptors (Lipinski definition) is 1. The van der Waals surface area contributed by atoms with E-state index >= 15 is 0 Å². The zero-order valence-corrected chi connectivity index (χ0v) is 15.0. The molecule has 0 saturated heterocycles. The lowest BCUT2D eigenvalue weighted by molar-refractivity contribution is 0.102. The molecule has 1 nitrogen and oxygen atoms in total. The fraction of sp³-hybridized carbons (Fsp3) is 1.00. The van der Waals surface area contributed by atoms with Gasteiger partial charge in [0.15, 0.2) is 0 Å². The van der Waals surface area contributed by atoms with Crippen LogP contribution in [0.25, 0.3) is 0 Å². The van der Waals surface area contributed by atoms with Gasteiger partial charge in [-0.2, -0.15) is 0 Å². The number of hydrogen-bond donors (Lipinski definition) is 1. The third-order valence-corrected chi connectivity index (χ3v) is 6.66. The van der Waals surface area contributed by atoms with Crippen molar-refractivity contribution in [3.63, 3.8) is 0 Å². The van der Waals surface area contributed by atoms with Gasteiger partial charge in [-0.3, -0.25) is 0 Å². The molecule has 21 heavy (non-hydrogen) atoms. The van der Waals surface area contributed by atoms with Gasteiger partial charge in [0.05, 0.1) is 0 Å². The largest absolute Gasteiger partial charge is 0.314 e. The first-order chi connectivity index (χ1) is 10.2. The quantitative estimate of drug-likeness (QED) is 0.668. The summed E-state index contributed by atoms with van der Waals surface area (Å²) < 4.78 is 0. The van der Waals surface area contributed by atoms with Gasteiger partial charge in [0, 0.05) is 6.04 Å². The zero-order chi connectivity index (χ0) is 15.2. The Morgan fingerprint density at radius 2 is 1.48 bits per heavy atom. The Hall–Kier alpha value is -0.0400. The standard InChI is InChI=1S/C20H39N/c1-5-16-9-7-8-10-19(16)20(21-6-2)18-13-11-17(12-14-18)15(3)4/h15-21H,5-14H2,1-4H3. The maximum Gasteiger partial charge on any atom is 0.0126 e. The normalized spacial score (nSPS) is 35.9. The highest BCUT2D eigenvalue weighted by Crippen LogP contribution is 2.42. The minimum Gasteiger partial charge on any atom is -0.314 e. The van der Waals surface area contributed by atoms with Gasteiger partial charge in [-0.25, -0.2) is 0 Å². The van der Waals surface area contributed by atoms with Gasteiger partial charge < -0.3 is 5.32 Å². The van der Waals surface area contributed by atoms with Crippen LogP contribution in [0.15, 0.2) is 0 Å². The van der Waals surface area contributed by atoms with E-state index in [1.54, 1.807) is 0 Å². The first-order valence-corrected chi connectivity index (χ1v) is 9.90. The van der Waals surface area contributed by atoms with Crippen molar-refractivity contribution in [3.05, 3.63) is 0 Å². The molecule has 2 aliphatic rings. The summed E-state index contributed by atoms with van der Waals surface area (Å²) in [6, 6.07) is 0.813. The van der Waals surface area contributed by atoms with Gasteiger partial charge in [0.2, 0.25) is 0 Å². The summed E-state index contributed by atoms with van der Waals surface area (Å²) in [4.78, 5) is 0. The predicted molar refractivity (Wildman–Crippen MR) is 93.5 cm³/mol. The summed E-state index contributed by atoms with van der Waals surface area (Å²) in [7, 11) is 0. The molecule has 3 atom stereocenters. The highest BCUT2D eigenvalue weighted by molar-refractivity contribution is 4.91. The molecular formula is C20H39N. The Kier molecular flexibility index (Phi) is 7.05. The van der Waals surface area contributed by atoms with Crippen LogP contribution in [-0.4, -0.2) is 12.6 Å². The first-order valence-electron chi connectivity index (χ1n) is 9.90. The van der Waals surface area contributed by atoms with Gasteiger partial charge in [-0.15, -0.1) is 0 Å². The maximum atomic E-state index is 3.93. The topological polar surface area (TPSA) is 12.0 Å². The smallest absolute Gasteiger partial charge is 0.0126 e. The van der Waals surface area contributed by atoms with Crippen LogP contribution in [-0.2, 0) is 0 Å². The van der Waals surface area contributed by atoms with Crippen molar-refractivity contribution in [3.8, 4) is 0 Å². The van der Waals surface area contributed by atoms with Crippen molar-refractivity contribution in [1.29, 1.82) is 0 Å². The predicted octanol–water partition coefficient (Wildman–Crippen LogP) is 5.64.